The highest BCUT2D eigenvalue weighted by atomic mass is 19.4. The van der Waals surface area contributed by atoms with E-state index in [1.807, 2.05) is 0 Å². The van der Waals surface area contributed by atoms with Crippen LogP contribution >= 0.6 is 0 Å². The summed E-state index contributed by atoms with van der Waals surface area (Å²) in [6.45, 7) is 1.26. The fraction of sp³-hybridized carbons (Fsp3) is 1.00. The summed E-state index contributed by atoms with van der Waals surface area (Å²) in [4.78, 5) is 0. The van der Waals surface area contributed by atoms with Gasteiger partial charge in [-0.05, 0) is 19.8 Å². The van der Waals surface area contributed by atoms with Gasteiger partial charge in [0.15, 0.2) is 0 Å². The molecule has 0 N–H and O–H groups in total. The zero-order valence-electron chi connectivity index (χ0n) is 10.2. The van der Waals surface area contributed by atoms with E-state index in [9.17, 15) is 30.7 Å². The molecule has 0 bridgehead atoms. The standard InChI is InChI=1S/C10H13F7O2/c1-6-4-3-5-7(18-2,19-6)8(11,9(12,13)14)10(15,16)17/h6H,3-5H2,1-2H3. The molecular formula is C10H13F7O2. The van der Waals surface area contributed by atoms with Gasteiger partial charge in [-0.2, -0.15) is 26.3 Å². The maximum absolute atomic E-state index is 14.0. The van der Waals surface area contributed by atoms with Crippen LogP contribution in [0.1, 0.15) is 26.2 Å². The highest BCUT2D eigenvalue weighted by Gasteiger charge is 2.83. The van der Waals surface area contributed by atoms with E-state index in [0.717, 1.165) is 0 Å². The second-order valence-corrected chi connectivity index (χ2v) is 4.43. The minimum Gasteiger partial charge on any atom is -0.350 e. The molecule has 1 aliphatic heterocycles. The summed E-state index contributed by atoms with van der Waals surface area (Å²) in [7, 11) is 0.573. The molecule has 0 spiro atoms. The average Bonchev–Trinajstić information content (AvgIpc) is 2.24. The van der Waals surface area contributed by atoms with Crippen molar-refractivity contribution in [3.63, 3.8) is 0 Å². The van der Waals surface area contributed by atoms with Crippen molar-refractivity contribution in [2.45, 2.75) is 56.1 Å². The van der Waals surface area contributed by atoms with Crippen molar-refractivity contribution in [2.75, 3.05) is 7.11 Å². The fourth-order valence-corrected chi connectivity index (χ4v) is 2.20. The van der Waals surface area contributed by atoms with Gasteiger partial charge in [-0.25, -0.2) is 4.39 Å². The summed E-state index contributed by atoms with van der Waals surface area (Å²) in [6, 6.07) is 0. The molecule has 0 aromatic heterocycles. The first-order chi connectivity index (χ1) is 8.41. The predicted octanol–water partition coefficient (Wildman–Crippen LogP) is 3.75. The van der Waals surface area contributed by atoms with Crippen LogP contribution in [0.3, 0.4) is 0 Å². The van der Waals surface area contributed by atoms with Gasteiger partial charge in [-0.3, -0.25) is 0 Å². The first-order valence-electron chi connectivity index (χ1n) is 5.46. The third-order valence-electron chi connectivity index (χ3n) is 3.14. The Morgan fingerprint density at radius 2 is 1.53 bits per heavy atom. The molecule has 19 heavy (non-hydrogen) atoms. The van der Waals surface area contributed by atoms with Crippen LogP contribution in [0.15, 0.2) is 0 Å². The molecule has 9 heteroatoms. The molecule has 1 heterocycles. The van der Waals surface area contributed by atoms with E-state index in [1.165, 1.54) is 6.92 Å². The molecule has 0 aromatic rings. The summed E-state index contributed by atoms with van der Waals surface area (Å²) < 4.78 is 99.0. The first kappa shape index (κ1) is 16.5. The van der Waals surface area contributed by atoms with Gasteiger partial charge in [-0.1, -0.05) is 0 Å². The topological polar surface area (TPSA) is 18.5 Å². The third-order valence-corrected chi connectivity index (χ3v) is 3.14. The molecule has 2 nitrogen and oxygen atoms in total. The molecule has 0 amide bonds. The van der Waals surface area contributed by atoms with Crippen LogP contribution in [0, 0.1) is 0 Å². The second-order valence-electron chi connectivity index (χ2n) is 4.43. The summed E-state index contributed by atoms with van der Waals surface area (Å²) >= 11 is 0. The average molecular weight is 298 g/mol. The van der Waals surface area contributed by atoms with Gasteiger partial charge < -0.3 is 9.47 Å². The fourth-order valence-electron chi connectivity index (χ4n) is 2.20. The van der Waals surface area contributed by atoms with E-state index < -0.39 is 36.3 Å². The van der Waals surface area contributed by atoms with Gasteiger partial charge in [0.2, 0.25) is 5.79 Å². The van der Waals surface area contributed by atoms with Crippen LogP contribution in [-0.4, -0.2) is 37.0 Å². The second kappa shape index (κ2) is 4.76. The van der Waals surface area contributed by atoms with Crippen molar-refractivity contribution in [1.29, 1.82) is 0 Å². The molecule has 0 aliphatic carbocycles. The van der Waals surface area contributed by atoms with Crippen molar-refractivity contribution in [2.24, 2.45) is 0 Å². The van der Waals surface area contributed by atoms with E-state index in [2.05, 4.69) is 9.47 Å². The molecular weight excluding hydrogens is 285 g/mol. The van der Waals surface area contributed by atoms with E-state index in [4.69, 9.17) is 0 Å². The Labute approximate surface area is 104 Å². The van der Waals surface area contributed by atoms with Gasteiger partial charge in [0.1, 0.15) is 0 Å². The van der Waals surface area contributed by atoms with E-state index in [-0.39, 0.29) is 12.8 Å². The monoisotopic (exact) mass is 298 g/mol. The Morgan fingerprint density at radius 3 is 1.84 bits per heavy atom. The van der Waals surface area contributed by atoms with Gasteiger partial charge in [0.05, 0.1) is 6.10 Å². The maximum Gasteiger partial charge on any atom is 0.437 e. The molecule has 1 aliphatic rings. The molecule has 114 valence electrons. The number of halogens is 7. The highest BCUT2D eigenvalue weighted by molar-refractivity contribution is 5.07. The van der Waals surface area contributed by atoms with Gasteiger partial charge in [-0.15, -0.1) is 0 Å². The number of rotatable bonds is 2. The number of hydrogen-bond donors (Lipinski definition) is 0. The van der Waals surface area contributed by atoms with Crippen molar-refractivity contribution < 1.29 is 40.2 Å². The number of alkyl halides is 7. The van der Waals surface area contributed by atoms with Crippen molar-refractivity contribution >= 4 is 0 Å². The SMILES string of the molecule is COC1(C(F)(C(F)(F)F)C(F)(F)F)CCCC(C)O1. The lowest BCUT2D eigenvalue weighted by Gasteiger charge is -2.48. The van der Waals surface area contributed by atoms with E-state index >= 15 is 0 Å². The third kappa shape index (κ3) is 2.42. The number of ether oxygens (including phenoxy) is 2. The molecule has 0 radical (unpaired) electrons. The van der Waals surface area contributed by atoms with Crippen LogP contribution in [-0.2, 0) is 9.47 Å². The lowest BCUT2D eigenvalue weighted by Crippen LogP contribution is -2.71. The van der Waals surface area contributed by atoms with Crippen LogP contribution in [0.2, 0.25) is 0 Å². The number of methoxy groups -OCH3 is 1. The Bertz CT molecular complexity index is 311. The lowest BCUT2D eigenvalue weighted by atomic mass is 9.86. The molecule has 0 saturated carbocycles. The lowest BCUT2D eigenvalue weighted by molar-refractivity contribution is -0.449. The van der Waals surface area contributed by atoms with Crippen LogP contribution in [0.5, 0.6) is 0 Å². The van der Waals surface area contributed by atoms with Gasteiger partial charge in [0.25, 0.3) is 0 Å². The van der Waals surface area contributed by atoms with E-state index in [1.54, 1.807) is 0 Å². The maximum atomic E-state index is 14.0. The number of hydrogen-bond acceptors (Lipinski definition) is 2. The first-order valence-corrected chi connectivity index (χ1v) is 5.46. The molecule has 1 fully saturated rings. The van der Waals surface area contributed by atoms with Crippen LogP contribution in [0.4, 0.5) is 30.7 Å². The van der Waals surface area contributed by atoms with Gasteiger partial charge in [0, 0.05) is 13.5 Å². The minimum absolute atomic E-state index is 0.0627. The molecule has 0 aromatic carbocycles. The molecule has 2 atom stereocenters. The summed E-state index contributed by atoms with van der Waals surface area (Å²) in [5.41, 5.74) is -5.57. The summed E-state index contributed by atoms with van der Waals surface area (Å²) in [6.07, 6.45) is -14.0. The normalized spacial score (nSPS) is 30.5. The Kier molecular flexibility index (Phi) is 4.13. The molecule has 2 unspecified atom stereocenters. The zero-order valence-corrected chi connectivity index (χ0v) is 10.2. The van der Waals surface area contributed by atoms with Crippen molar-refractivity contribution in [1.82, 2.24) is 0 Å². The molecule has 1 rings (SSSR count). The van der Waals surface area contributed by atoms with E-state index in [0.29, 0.717) is 7.11 Å². The summed E-state index contributed by atoms with van der Waals surface area (Å²) in [5, 5.41) is 0. The Hall–Kier alpha value is -0.570. The zero-order chi connectivity index (χ0) is 15.1. The smallest absolute Gasteiger partial charge is 0.350 e. The summed E-state index contributed by atoms with van der Waals surface area (Å²) in [5.74, 6) is -3.40. The minimum atomic E-state index is -6.20. The Balaban J connectivity index is 3.37. The van der Waals surface area contributed by atoms with Crippen molar-refractivity contribution in [3.05, 3.63) is 0 Å². The van der Waals surface area contributed by atoms with Gasteiger partial charge >= 0.3 is 18.0 Å². The Morgan fingerprint density at radius 1 is 1.05 bits per heavy atom. The molecule has 1 saturated heterocycles. The quantitative estimate of drug-likeness (QED) is 0.723. The largest absolute Gasteiger partial charge is 0.437 e. The highest BCUT2D eigenvalue weighted by Crippen LogP contribution is 2.56. The predicted molar refractivity (Wildman–Crippen MR) is 50.1 cm³/mol. The van der Waals surface area contributed by atoms with Crippen molar-refractivity contribution in [3.8, 4) is 0 Å². The van der Waals surface area contributed by atoms with Crippen LogP contribution < -0.4 is 0 Å². The van der Waals surface area contributed by atoms with Crippen LogP contribution in [0.25, 0.3) is 0 Å².